The van der Waals surface area contributed by atoms with Crippen LogP contribution in [0.2, 0.25) is 8.67 Å². The molecule has 3 rings (SSSR count). The zero-order valence-electron chi connectivity index (χ0n) is 10.7. The Labute approximate surface area is 136 Å². The van der Waals surface area contributed by atoms with Crippen molar-refractivity contribution in [1.82, 2.24) is 4.31 Å². The highest BCUT2D eigenvalue weighted by molar-refractivity contribution is 7.89. The van der Waals surface area contributed by atoms with E-state index >= 15 is 0 Å². The Hall–Kier alpha value is -0.790. The third kappa shape index (κ3) is 2.78. The van der Waals surface area contributed by atoms with Gasteiger partial charge in [-0.2, -0.15) is 4.31 Å². The molecule has 0 aliphatic carbocycles. The van der Waals surface area contributed by atoms with Gasteiger partial charge in [-0.25, -0.2) is 8.42 Å². The van der Waals surface area contributed by atoms with Gasteiger partial charge in [-0.15, -0.1) is 11.3 Å². The molecule has 2 aromatic rings. The molecule has 0 atom stereocenters. The second kappa shape index (κ2) is 5.44. The lowest BCUT2D eigenvalue weighted by Gasteiger charge is -2.28. The van der Waals surface area contributed by atoms with Crippen LogP contribution in [-0.2, 0) is 23.0 Å². The molecule has 1 aromatic carbocycles. The highest BCUT2D eigenvalue weighted by Crippen LogP contribution is 2.37. The number of benzene rings is 1. The molecule has 1 aromatic heterocycles. The Kier molecular flexibility index (Phi) is 3.92. The number of phenolic OH excluding ortho intramolecular Hbond substituents is 1. The van der Waals surface area contributed by atoms with Crippen LogP contribution < -0.4 is 0 Å². The lowest BCUT2D eigenvalue weighted by atomic mass is 10.0. The number of phenols is 1. The van der Waals surface area contributed by atoms with Crippen molar-refractivity contribution in [3.8, 4) is 5.75 Å². The first-order valence-electron chi connectivity index (χ1n) is 6.13. The molecule has 0 bridgehead atoms. The lowest BCUT2D eigenvalue weighted by Crippen LogP contribution is -2.35. The van der Waals surface area contributed by atoms with Gasteiger partial charge >= 0.3 is 0 Å². The molecule has 0 unspecified atom stereocenters. The average Bonchev–Trinajstić information content (AvgIpc) is 2.77. The molecule has 2 heterocycles. The molecule has 1 aliphatic heterocycles. The summed E-state index contributed by atoms with van der Waals surface area (Å²) < 4.78 is 27.2. The van der Waals surface area contributed by atoms with Crippen molar-refractivity contribution in [2.24, 2.45) is 0 Å². The predicted molar refractivity (Wildman–Crippen MR) is 83.7 cm³/mol. The number of aromatic hydroxyl groups is 1. The molecule has 1 aliphatic rings. The number of hydrogen-bond acceptors (Lipinski definition) is 4. The Bertz CT molecular complexity index is 802. The summed E-state index contributed by atoms with van der Waals surface area (Å²) in [5, 5.41) is 9.54. The summed E-state index contributed by atoms with van der Waals surface area (Å²) >= 11 is 12.8. The van der Waals surface area contributed by atoms with E-state index in [1.807, 2.05) is 6.07 Å². The molecule has 1 N–H and O–H groups in total. The molecular formula is C13H11Cl2NO3S2. The number of rotatable bonds is 2. The smallest absolute Gasteiger partial charge is 0.245 e. The highest BCUT2D eigenvalue weighted by Gasteiger charge is 2.31. The van der Waals surface area contributed by atoms with Gasteiger partial charge in [0, 0.05) is 13.1 Å². The van der Waals surface area contributed by atoms with E-state index in [-0.39, 0.29) is 21.5 Å². The molecule has 0 spiro atoms. The third-order valence-electron chi connectivity index (χ3n) is 3.41. The van der Waals surface area contributed by atoms with E-state index < -0.39 is 10.0 Å². The van der Waals surface area contributed by atoms with Gasteiger partial charge in [0.25, 0.3) is 0 Å². The maximum absolute atomic E-state index is 12.6. The number of sulfonamides is 1. The molecule has 21 heavy (non-hydrogen) atoms. The minimum atomic E-state index is -3.68. The molecule has 8 heteroatoms. The second-order valence-electron chi connectivity index (χ2n) is 4.73. The zero-order chi connectivity index (χ0) is 15.2. The van der Waals surface area contributed by atoms with E-state index in [0.29, 0.717) is 17.3 Å². The van der Waals surface area contributed by atoms with Crippen LogP contribution in [0.5, 0.6) is 5.75 Å². The van der Waals surface area contributed by atoms with Crippen molar-refractivity contribution < 1.29 is 13.5 Å². The van der Waals surface area contributed by atoms with Crippen molar-refractivity contribution in [1.29, 1.82) is 0 Å². The number of nitrogens with zero attached hydrogens (tertiary/aromatic N) is 1. The van der Waals surface area contributed by atoms with Crippen molar-refractivity contribution in [3.05, 3.63) is 44.1 Å². The zero-order valence-corrected chi connectivity index (χ0v) is 13.9. The first-order chi connectivity index (χ1) is 9.88. The van der Waals surface area contributed by atoms with Crippen LogP contribution in [0, 0.1) is 0 Å². The van der Waals surface area contributed by atoms with Crippen LogP contribution in [0.4, 0.5) is 0 Å². The number of hydrogen-bond donors (Lipinski definition) is 1. The SMILES string of the molecule is O=S(=O)(c1cc(Cl)sc1Cl)N1CCc2ccc(O)cc2C1. The normalized spacial score (nSPS) is 15.9. The van der Waals surface area contributed by atoms with Gasteiger partial charge in [0.05, 0.1) is 4.34 Å². The van der Waals surface area contributed by atoms with E-state index in [0.717, 1.165) is 22.5 Å². The van der Waals surface area contributed by atoms with Gasteiger partial charge in [0.15, 0.2) is 0 Å². The number of halogens is 2. The van der Waals surface area contributed by atoms with E-state index in [1.54, 1.807) is 12.1 Å². The van der Waals surface area contributed by atoms with E-state index in [4.69, 9.17) is 23.2 Å². The molecule has 4 nitrogen and oxygen atoms in total. The monoisotopic (exact) mass is 363 g/mol. The Morgan fingerprint density at radius 1 is 1.19 bits per heavy atom. The number of thiophene rings is 1. The minimum absolute atomic E-state index is 0.0442. The summed E-state index contributed by atoms with van der Waals surface area (Å²) in [5.41, 5.74) is 1.86. The van der Waals surface area contributed by atoms with Gasteiger partial charge in [0.1, 0.15) is 15.0 Å². The summed E-state index contributed by atoms with van der Waals surface area (Å²) in [7, 11) is -3.68. The maximum Gasteiger partial charge on any atom is 0.245 e. The van der Waals surface area contributed by atoms with Crippen molar-refractivity contribution >= 4 is 44.6 Å². The summed E-state index contributed by atoms with van der Waals surface area (Å²) in [5.74, 6) is 0.129. The van der Waals surface area contributed by atoms with Crippen LogP contribution >= 0.6 is 34.5 Å². The Morgan fingerprint density at radius 2 is 1.95 bits per heavy atom. The fourth-order valence-electron chi connectivity index (χ4n) is 2.36. The summed E-state index contributed by atoms with van der Waals surface area (Å²) in [4.78, 5) is 0.0442. The first-order valence-corrected chi connectivity index (χ1v) is 9.15. The van der Waals surface area contributed by atoms with Crippen LogP contribution in [0.15, 0.2) is 29.2 Å². The largest absolute Gasteiger partial charge is 0.508 e. The summed E-state index contributed by atoms with van der Waals surface area (Å²) in [6, 6.07) is 6.41. The third-order valence-corrected chi connectivity index (χ3v) is 7.01. The van der Waals surface area contributed by atoms with Gasteiger partial charge in [-0.3, -0.25) is 0 Å². The molecular weight excluding hydrogens is 353 g/mol. The summed E-state index contributed by atoms with van der Waals surface area (Å²) in [6.45, 7) is 0.597. The quantitative estimate of drug-likeness (QED) is 0.887. The molecule has 0 saturated carbocycles. The average molecular weight is 364 g/mol. The van der Waals surface area contributed by atoms with Gasteiger partial charge in [-0.1, -0.05) is 29.3 Å². The van der Waals surface area contributed by atoms with Gasteiger partial charge in [0.2, 0.25) is 10.0 Å². The van der Waals surface area contributed by atoms with E-state index in [2.05, 4.69) is 0 Å². The van der Waals surface area contributed by atoms with Crippen LogP contribution in [0.3, 0.4) is 0 Å². The fourth-order valence-corrected chi connectivity index (χ4v) is 5.89. The summed E-state index contributed by atoms with van der Waals surface area (Å²) in [6.07, 6.45) is 0.602. The first kappa shape index (κ1) is 15.1. The molecule has 0 fully saturated rings. The van der Waals surface area contributed by atoms with Crippen molar-refractivity contribution in [2.45, 2.75) is 17.9 Å². The highest BCUT2D eigenvalue weighted by atomic mass is 35.5. The topological polar surface area (TPSA) is 57.6 Å². The molecule has 0 amide bonds. The minimum Gasteiger partial charge on any atom is -0.508 e. The second-order valence-corrected chi connectivity index (χ2v) is 8.92. The van der Waals surface area contributed by atoms with Crippen LogP contribution in [0.25, 0.3) is 0 Å². The van der Waals surface area contributed by atoms with Gasteiger partial charge in [-0.05, 0) is 35.7 Å². The van der Waals surface area contributed by atoms with Crippen molar-refractivity contribution in [2.75, 3.05) is 6.54 Å². The van der Waals surface area contributed by atoms with Crippen LogP contribution in [0.1, 0.15) is 11.1 Å². The van der Waals surface area contributed by atoms with Gasteiger partial charge < -0.3 is 5.11 Å². The maximum atomic E-state index is 12.6. The number of fused-ring (bicyclic) bond motifs is 1. The predicted octanol–water partition coefficient (Wildman–Crippen LogP) is 3.51. The van der Waals surface area contributed by atoms with E-state index in [9.17, 15) is 13.5 Å². The van der Waals surface area contributed by atoms with Crippen molar-refractivity contribution in [3.63, 3.8) is 0 Å². The standard InChI is InChI=1S/C13H11Cl2NO3S2/c14-12-6-11(13(15)20-12)21(18,19)16-4-3-8-1-2-10(17)5-9(8)7-16/h1-2,5-6,17H,3-4,7H2. The molecule has 112 valence electrons. The molecule has 0 radical (unpaired) electrons. The van der Waals surface area contributed by atoms with Crippen LogP contribution in [-0.4, -0.2) is 24.4 Å². The Balaban J connectivity index is 1.97. The fraction of sp³-hybridized carbons (Fsp3) is 0.231. The Morgan fingerprint density at radius 3 is 2.62 bits per heavy atom. The van der Waals surface area contributed by atoms with E-state index in [1.165, 1.54) is 10.4 Å². The lowest BCUT2D eigenvalue weighted by molar-refractivity contribution is 0.389. The molecule has 0 saturated heterocycles.